The molecule has 6 nitrogen and oxygen atoms in total. The summed E-state index contributed by atoms with van der Waals surface area (Å²) in [5.74, 6) is 0. The minimum absolute atomic E-state index is 0.252. The van der Waals surface area contributed by atoms with E-state index in [2.05, 4.69) is 81.0 Å². The second-order valence-electron chi connectivity index (χ2n) is 10.2. The second kappa shape index (κ2) is 10.7. The van der Waals surface area contributed by atoms with Gasteiger partial charge in [0, 0.05) is 74.5 Å². The average molecular weight is 397 g/mol. The Hall–Kier alpha value is -0.240. The Kier molecular flexibility index (Phi) is 9.17. The Morgan fingerprint density at radius 1 is 0.857 bits per heavy atom. The quantitative estimate of drug-likeness (QED) is 0.515. The zero-order valence-electron chi connectivity index (χ0n) is 19.8. The van der Waals surface area contributed by atoms with Gasteiger partial charge >= 0.3 is 0 Å². The Bertz CT molecular complexity index is 454. The van der Waals surface area contributed by atoms with E-state index in [0.717, 1.165) is 19.6 Å². The van der Waals surface area contributed by atoms with Crippen molar-refractivity contribution in [2.45, 2.75) is 103 Å². The van der Waals surface area contributed by atoms with Gasteiger partial charge in [0.1, 0.15) is 0 Å². The predicted octanol–water partition coefficient (Wildman–Crippen LogP) is 1.17. The van der Waals surface area contributed by atoms with E-state index < -0.39 is 0 Å². The van der Waals surface area contributed by atoms with Gasteiger partial charge in [-0.25, -0.2) is 0 Å². The van der Waals surface area contributed by atoms with Crippen molar-refractivity contribution in [1.29, 1.82) is 0 Å². The van der Waals surface area contributed by atoms with E-state index in [-0.39, 0.29) is 6.04 Å². The summed E-state index contributed by atoms with van der Waals surface area (Å²) in [5, 5.41) is 7.58. The summed E-state index contributed by atoms with van der Waals surface area (Å²) in [7, 11) is 4.43. The molecule has 2 aliphatic rings. The molecule has 6 atom stereocenters. The molecule has 6 unspecified atom stereocenters. The Morgan fingerprint density at radius 2 is 1.50 bits per heavy atom. The van der Waals surface area contributed by atoms with Crippen LogP contribution >= 0.6 is 0 Å². The predicted molar refractivity (Wildman–Crippen MR) is 121 cm³/mol. The molecule has 0 aliphatic carbocycles. The van der Waals surface area contributed by atoms with Crippen LogP contribution in [-0.4, -0.2) is 103 Å². The van der Waals surface area contributed by atoms with Crippen LogP contribution in [0.5, 0.6) is 0 Å². The van der Waals surface area contributed by atoms with Gasteiger partial charge < -0.3 is 21.3 Å². The monoisotopic (exact) mass is 396 g/mol. The lowest BCUT2D eigenvalue weighted by Gasteiger charge is -2.30. The number of nitrogens with one attached hydrogen (secondary N) is 2. The Labute approximate surface area is 174 Å². The maximum atomic E-state index is 6.38. The summed E-state index contributed by atoms with van der Waals surface area (Å²) in [6.45, 7) is 18.2. The number of nitrogens with zero attached hydrogens (tertiary/aromatic N) is 3. The van der Waals surface area contributed by atoms with Gasteiger partial charge in [0.15, 0.2) is 0 Å². The third kappa shape index (κ3) is 6.64. The SMILES string of the molecule is CC(C)NC1CN(C(C)CCC(C)NC2CN(C(C)C)CC2N(C)C)CC1N. The molecule has 6 heteroatoms. The Morgan fingerprint density at radius 3 is 2.07 bits per heavy atom. The third-order valence-electron chi connectivity index (χ3n) is 6.79. The van der Waals surface area contributed by atoms with E-state index in [1.807, 2.05) is 0 Å². The van der Waals surface area contributed by atoms with Crippen molar-refractivity contribution >= 4 is 0 Å². The normalized spacial score (nSPS) is 32.1. The lowest BCUT2D eigenvalue weighted by Crippen LogP contribution is -2.49. The topological polar surface area (TPSA) is 59.8 Å². The number of likely N-dealkylation sites (N-methyl/N-ethyl adjacent to an activating group) is 1. The Balaban J connectivity index is 1.78. The van der Waals surface area contributed by atoms with E-state index in [1.54, 1.807) is 0 Å². The number of rotatable bonds is 10. The fourth-order valence-corrected chi connectivity index (χ4v) is 4.87. The molecule has 2 aliphatic heterocycles. The molecule has 4 N–H and O–H groups in total. The van der Waals surface area contributed by atoms with Gasteiger partial charge in [0.2, 0.25) is 0 Å². The number of nitrogens with two attached hydrogens (primary N) is 1. The average Bonchev–Trinajstić information content (AvgIpc) is 3.17. The molecule has 2 heterocycles. The van der Waals surface area contributed by atoms with Crippen molar-refractivity contribution in [1.82, 2.24) is 25.3 Å². The van der Waals surface area contributed by atoms with Gasteiger partial charge in [0.05, 0.1) is 0 Å². The van der Waals surface area contributed by atoms with Gasteiger partial charge in [0.25, 0.3) is 0 Å². The smallest absolute Gasteiger partial charge is 0.0383 e. The highest BCUT2D eigenvalue weighted by Gasteiger charge is 2.36. The summed E-state index contributed by atoms with van der Waals surface area (Å²) >= 11 is 0. The van der Waals surface area contributed by atoms with E-state index in [9.17, 15) is 0 Å². The first-order valence-electron chi connectivity index (χ1n) is 11.5. The zero-order valence-corrected chi connectivity index (χ0v) is 19.8. The van der Waals surface area contributed by atoms with Crippen LogP contribution < -0.4 is 16.4 Å². The standard InChI is InChI=1S/C22H48N6/c1-15(2)24-20-12-28(11-19(20)23)18(6)10-9-17(5)25-21-13-27(16(3)4)14-22(21)26(7)8/h15-22,24-25H,9-14,23H2,1-8H3. The number of likely N-dealkylation sites (tertiary alicyclic amines) is 2. The van der Waals surface area contributed by atoms with Crippen molar-refractivity contribution in [2.24, 2.45) is 5.73 Å². The molecule has 0 aromatic heterocycles. The molecule has 2 rings (SSSR count). The summed E-state index contributed by atoms with van der Waals surface area (Å²) in [6, 6.07) is 4.09. The van der Waals surface area contributed by atoms with Gasteiger partial charge in [-0.1, -0.05) is 13.8 Å². The molecule has 0 amide bonds. The first-order valence-corrected chi connectivity index (χ1v) is 11.5. The van der Waals surface area contributed by atoms with E-state index in [0.29, 0.717) is 42.3 Å². The summed E-state index contributed by atoms with van der Waals surface area (Å²) in [4.78, 5) is 7.57. The number of hydrogen-bond acceptors (Lipinski definition) is 6. The van der Waals surface area contributed by atoms with Gasteiger partial charge in [-0.15, -0.1) is 0 Å². The highest BCUT2D eigenvalue weighted by Crippen LogP contribution is 2.20. The van der Waals surface area contributed by atoms with Crippen LogP contribution in [0.25, 0.3) is 0 Å². The molecule has 2 saturated heterocycles. The van der Waals surface area contributed by atoms with E-state index in [4.69, 9.17) is 5.73 Å². The van der Waals surface area contributed by atoms with Crippen LogP contribution in [0.3, 0.4) is 0 Å². The van der Waals surface area contributed by atoms with Crippen molar-refractivity contribution in [2.75, 3.05) is 40.3 Å². The summed E-state index contributed by atoms with van der Waals surface area (Å²) < 4.78 is 0. The van der Waals surface area contributed by atoms with E-state index in [1.165, 1.54) is 19.4 Å². The first kappa shape index (κ1) is 24.0. The lowest BCUT2D eigenvalue weighted by molar-refractivity contribution is 0.220. The van der Waals surface area contributed by atoms with Crippen LogP contribution in [0.2, 0.25) is 0 Å². The highest BCUT2D eigenvalue weighted by atomic mass is 15.3. The van der Waals surface area contributed by atoms with Crippen molar-refractivity contribution in [3.63, 3.8) is 0 Å². The lowest BCUT2D eigenvalue weighted by atomic mass is 10.0. The zero-order chi connectivity index (χ0) is 21.0. The minimum atomic E-state index is 0.252. The van der Waals surface area contributed by atoms with Crippen molar-refractivity contribution < 1.29 is 0 Å². The maximum absolute atomic E-state index is 6.38. The molecule has 2 fully saturated rings. The number of hydrogen-bond donors (Lipinski definition) is 3. The van der Waals surface area contributed by atoms with Crippen molar-refractivity contribution in [3.05, 3.63) is 0 Å². The van der Waals surface area contributed by atoms with Crippen molar-refractivity contribution in [3.8, 4) is 0 Å². The van der Waals surface area contributed by atoms with Crippen LogP contribution in [0.1, 0.15) is 54.4 Å². The molecule has 0 saturated carbocycles. The van der Waals surface area contributed by atoms with Crippen LogP contribution in [0.4, 0.5) is 0 Å². The van der Waals surface area contributed by atoms with Gasteiger partial charge in [-0.05, 0) is 54.6 Å². The minimum Gasteiger partial charge on any atom is -0.325 e. The van der Waals surface area contributed by atoms with Gasteiger partial charge in [-0.2, -0.15) is 0 Å². The third-order valence-corrected chi connectivity index (χ3v) is 6.79. The summed E-state index contributed by atoms with van der Waals surface area (Å²) in [5.41, 5.74) is 6.38. The molecular weight excluding hydrogens is 348 g/mol. The first-order chi connectivity index (χ1) is 13.1. The molecule has 0 radical (unpaired) electrons. The van der Waals surface area contributed by atoms with E-state index >= 15 is 0 Å². The van der Waals surface area contributed by atoms with Crippen LogP contribution in [0.15, 0.2) is 0 Å². The van der Waals surface area contributed by atoms with Gasteiger partial charge in [-0.3, -0.25) is 9.80 Å². The summed E-state index contributed by atoms with van der Waals surface area (Å²) in [6.07, 6.45) is 2.44. The highest BCUT2D eigenvalue weighted by molar-refractivity contribution is 4.97. The fourth-order valence-electron chi connectivity index (χ4n) is 4.87. The molecule has 0 spiro atoms. The molecular formula is C22H48N6. The second-order valence-corrected chi connectivity index (χ2v) is 10.2. The molecule has 0 aromatic carbocycles. The van der Waals surface area contributed by atoms with Crippen LogP contribution in [0, 0.1) is 0 Å². The fraction of sp³-hybridized carbons (Fsp3) is 1.00. The largest absolute Gasteiger partial charge is 0.325 e. The molecule has 0 aromatic rings. The molecule has 166 valence electrons. The molecule has 28 heavy (non-hydrogen) atoms. The maximum Gasteiger partial charge on any atom is 0.0383 e. The van der Waals surface area contributed by atoms with Crippen LogP contribution in [-0.2, 0) is 0 Å². The molecule has 0 bridgehead atoms.